The van der Waals surface area contributed by atoms with Crippen molar-refractivity contribution < 1.29 is 44.3 Å². The van der Waals surface area contributed by atoms with Crippen molar-refractivity contribution in [1.29, 1.82) is 0 Å². The third-order valence-corrected chi connectivity index (χ3v) is 3.82. The monoisotopic (exact) mass is 384 g/mol. The van der Waals surface area contributed by atoms with Crippen LogP contribution in [0.15, 0.2) is 0 Å². The van der Waals surface area contributed by atoms with Gasteiger partial charge in [-0.3, -0.25) is 9.59 Å². The minimum atomic E-state index is -6.43. The van der Waals surface area contributed by atoms with E-state index < -0.39 is 39.6 Å². The van der Waals surface area contributed by atoms with Gasteiger partial charge in [0.15, 0.2) is 0 Å². The molecule has 0 bridgehead atoms. The third-order valence-electron chi connectivity index (χ3n) is 3.26. The predicted molar refractivity (Wildman–Crippen MR) is 68.3 cm³/mol. The summed E-state index contributed by atoms with van der Waals surface area (Å²) in [6, 6.07) is 0. The number of likely N-dealkylation sites (tertiary alicyclic amines) is 1. The summed E-state index contributed by atoms with van der Waals surface area (Å²) < 4.78 is 103. The molecule has 2 amide bonds. The van der Waals surface area contributed by atoms with E-state index in [1.165, 1.54) is 0 Å². The van der Waals surface area contributed by atoms with Crippen molar-refractivity contribution >= 4 is 21.8 Å². The normalized spacial score (nSPS) is 17.5. The maximum absolute atomic E-state index is 13.7. The first kappa shape index (κ1) is 20.5. The Morgan fingerprint density at radius 2 is 1.38 bits per heavy atom. The molecule has 0 spiro atoms. The third kappa shape index (κ3) is 3.75. The highest BCUT2D eigenvalue weighted by atomic mass is 32.2. The molecular weight excluding hydrogens is 370 g/mol. The van der Waals surface area contributed by atoms with E-state index in [1.807, 2.05) is 0 Å². The number of hydrogen-bond acceptors (Lipinski definition) is 4. The van der Waals surface area contributed by atoms with Crippen molar-refractivity contribution in [2.24, 2.45) is 0 Å². The van der Waals surface area contributed by atoms with Crippen molar-refractivity contribution in [3.63, 3.8) is 0 Å². The van der Waals surface area contributed by atoms with Gasteiger partial charge in [0.1, 0.15) is 0 Å². The number of nitrogens with one attached hydrogen (secondary N) is 1. The van der Waals surface area contributed by atoms with Gasteiger partial charge in [-0.05, 0) is 19.3 Å². The van der Waals surface area contributed by atoms with E-state index in [0.717, 1.165) is 0 Å². The molecule has 1 saturated heterocycles. The van der Waals surface area contributed by atoms with Gasteiger partial charge >= 0.3 is 23.7 Å². The van der Waals surface area contributed by atoms with Gasteiger partial charge in [0.2, 0.25) is 10.0 Å². The predicted octanol–water partition coefficient (Wildman–Crippen LogP) is 0.981. The summed E-state index contributed by atoms with van der Waals surface area (Å²) in [5.41, 5.74) is 0. The quantitative estimate of drug-likeness (QED) is 0.717. The zero-order valence-corrected chi connectivity index (χ0v) is 13.1. The molecule has 140 valence electrons. The molecule has 1 heterocycles. The molecule has 1 aliphatic rings. The van der Waals surface area contributed by atoms with E-state index in [2.05, 4.69) is 0 Å². The van der Waals surface area contributed by atoms with Crippen LogP contribution < -0.4 is 4.72 Å². The molecule has 0 unspecified atom stereocenters. The second-order valence-corrected chi connectivity index (χ2v) is 7.03. The van der Waals surface area contributed by atoms with Crippen LogP contribution in [0, 0.1) is 0 Å². The lowest BCUT2D eigenvalue weighted by molar-refractivity contribution is -0.290. The largest absolute Gasteiger partial charge is 0.394 e. The van der Waals surface area contributed by atoms with Gasteiger partial charge < -0.3 is 4.90 Å². The first-order valence-electron chi connectivity index (χ1n) is 6.59. The summed E-state index contributed by atoms with van der Waals surface area (Å²) in [6.45, 7) is -0.628. The van der Waals surface area contributed by atoms with E-state index in [0.29, 0.717) is 16.0 Å². The molecule has 0 aliphatic carbocycles. The van der Waals surface area contributed by atoms with Crippen LogP contribution in [0.25, 0.3) is 0 Å². The molecule has 13 heteroatoms. The lowest BCUT2D eigenvalue weighted by Gasteiger charge is -2.35. The first-order chi connectivity index (χ1) is 10.6. The van der Waals surface area contributed by atoms with Gasteiger partial charge in [-0.15, -0.1) is 0 Å². The van der Waals surface area contributed by atoms with Crippen LogP contribution in [0.4, 0.5) is 26.3 Å². The zero-order valence-electron chi connectivity index (χ0n) is 12.3. The second-order valence-electron chi connectivity index (χ2n) is 5.28. The number of sulfonamides is 1. The summed E-state index contributed by atoms with van der Waals surface area (Å²) in [5, 5.41) is 0. The maximum Gasteiger partial charge on any atom is 0.394 e. The Hall–Kier alpha value is -1.53. The van der Waals surface area contributed by atoms with Crippen molar-refractivity contribution in [2.75, 3.05) is 19.3 Å². The standard InChI is InChI=1S/C11H14F6N2O4S/c1-24(22,23)18-7(20)9(12,13)11(16,17)10(14,15)8(21)19-5-3-2-4-6-19/h2-6H2,1H3,(H,18,20). The Kier molecular flexibility index (Phi) is 5.48. The van der Waals surface area contributed by atoms with Crippen molar-refractivity contribution in [3.05, 3.63) is 0 Å². The fourth-order valence-corrected chi connectivity index (χ4v) is 2.47. The number of piperidine rings is 1. The molecule has 0 aromatic carbocycles. The van der Waals surface area contributed by atoms with E-state index in [1.54, 1.807) is 0 Å². The SMILES string of the molecule is CS(=O)(=O)NC(=O)C(F)(F)C(F)(F)C(F)(F)C(=O)N1CCCCC1. The summed E-state index contributed by atoms with van der Waals surface area (Å²) in [4.78, 5) is 22.8. The van der Waals surface area contributed by atoms with Gasteiger partial charge in [0.25, 0.3) is 5.91 Å². The summed E-state index contributed by atoms with van der Waals surface area (Å²) >= 11 is 0. The minimum absolute atomic E-state index is 0.191. The number of carbonyl (C=O) groups is 2. The molecule has 0 aromatic heterocycles. The fraction of sp³-hybridized carbons (Fsp3) is 0.818. The number of alkyl halides is 6. The molecule has 1 rings (SSSR count). The molecule has 1 N–H and O–H groups in total. The molecule has 24 heavy (non-hydrogen) atoms. The van der Waals surface area contributed by atoms with Gasteiger partial charge in [0.05, 0.1) is 6.26 Å². The minimum Gasteiger partial charge on any atom is -0.337 e. The number of amides is 2. The van der Waals surface area contributed by atoms with Crippen LogP contribution in [-0.4, -0.2) is 62.2 Å². The van der Waals surface area contributed by atoms with E-state index in [-0.39, 0.29) is 32.2 Å². The topological polar surface area (TPSA) is 83.5 Å². The number of rotatable bonds is 5. The van der Waals surface area contributed by atoms with Crippen LogP contribution in [0.5, 0.6) is 0 Å². The molecule has 6 nitrogen and oxygen atoms in total. The van der Waals surface area contributed by atoms with Crippen LogP contribution >= 0.6 is 0 Å². The highest BCUT2D eigenvalue weighted by Crippen LogP contribution is 2.47. The maximum atomic E-state index is 13.7. The number of hydrogen-bond donors (Lipinski definition) is 1. The van der Waals surface area contributed by atoms with Gasteiger partial charge in [-0.2, -0.15) is 26.3 Å². The van der Waals surface area contributed by atoms with Gasteiger partial charge in [-0.25, -0.2) is 13.1 Å². The Morgan fingerprint density at radius 3 is 1.79 bits per heavy atom. The first-order valence-corrected chi connectivity index (χ1v) is 8.49. The molecule has 1 fully saturated rings. The lowest BCUT2D eigenvalue weighted by Crippen LogP contribution is -2.66. The van der Waals surface area contributed by atoms with Crippen molar-refractivity contribution in [2.45, 2.75) is 37.0 Å². The lowest BCUT2D eigenvalue weighted by atomic mass is 10.0. The smallest absolute Gasteiger partial charge is 0.337 e. The number of halogens is 6. The Labute approximate surface area is 133 Å². The molecule has 0 saturated carbocycles. The van der Waals surface area contributed by atoms with Crippen LogP contribution in [0.2, 0.25) is 0 Å². The van der Waals surface area contributed by atoms with Gasteiger partial charge in [-0.1, -0.05) is 0 Å². The zero-order chi connectivity index (χ0) is 19.0. The highest BCUT2D eigenvalue weighted by Gasteiger charge is 2.78. The summed E-state index contributed by atoms with van der Waals surface area (Å²) in [5.74, 6) is -24.2. The molecule has 0 aromatic rings. The highest BCUT2D eigenvalue weighted by molar-refractivity contribution is 7.89. The second kappa shape index (κ2) is 6.41. The van der Waals surface area contributed by atoms with Gasteiger partial charge in [0, 0.05) is 13.1 Å². The Bertz CT molecular complexity index is 616. The average molecular weight is 384 g/mol. The van der Waals surface area contributed by atoms with E-state index >= 15 is 0 Å². The number of nitrogens with zero attached hydrogens (tertiary/aromatic N) is 1. The fourth-order valence-electron chi connectivity index (χ4n) is 2.00. The Balaban J connectivity index is 3.13. The summed E-state index contributed by atoms with van der Waals surface area (Å²) in [6.07, 6.45) is 1.21. The molecule has 1 aliphatic heterocycles. The Morgan fingerprint density at radius 1 is 0.917 bits per heavy atom. The molecule has 0 atom stereocenters. The molecular formula is C11H14F6N2O4S. The number of carbonyl (C=O) groups excluding carboxylic acids is 2. The molecule has 0 radical (unpaired) electrons. The van der Waals surface area contributed by atoms with Crippen LogP contribution in [0.1, 0.15) is 19.3 Å². The van der Waals surface area contributed by atoms with Crippen LogP contribution in [0.3, 0.4) is 0 Å². The van der Waals surface area contributed by atoms with Crippen molar-refractivity contribution in [1.82, 2.24) is 9.62 Å². The summed E-state index contributed by atoms with van der Waals surface area (Å²) in [7, 11) is -4.71. The van der Waals surface area contributed by atoms with E-state index in [9.17, 15) is 44.3 Å². The average Bonchev–Trinajstić information content (AvgIpc) is 2.45. The van der Waals surface area contributed by atoms with E-state index in [4.69, 9.17) is 0 Å². The van der Waals surface area contributed by atoms with Crippen molar-refractivity contribution in [3.8, 4) is 0 Å². The van der Waals surface area contributed by atoms with Crippen LogP contribution in [-0.2, 0) is 19.6 Å².